The first kappa shape index (κ1) is 20.3. The highest BCUT2D eigenvalue weighted by molar-refractivity contribution is 7.89. The Morgan fingerprint density at radius 3 is 2.50 bits per heavy atom. The van der Waals surface area contributed by atoms with Gasteiger partial charge in [-0.3, -0.25) is 9.89 Å². The fourth-order valence-corrected chi connectivity index (χ4v) is 4.73. The quantitative estimate of drug-likeness (QED) is 0.653. The summed E-state index contributed by atoms with van der Waals surface area (Å²) in [6, 6.07) is 13.8. The summed E-state index contributed by atoms with van der Waals surface area (Å²) in [6.07, 6.45) is 1.67. The maximum absolute atomic E-state index is 12.9. The van der Waals surface area contributed by atoms with E-state index in [0.29, 0.717) is 43.1 Å². The van der Waals surface area contributed by atoms with Gasteiger partial charge in [0.2, 0.25) is 10.0 Å². The third kappa shape index (κ3) is 4.13. The molecule has 2 N–H and O–H groups in total. The molecule has 1 aliphatic rings. The normalized spacial score (nSPS) is 15.1. The summed E-state index contributed by atoms with van der Waals surface area (Å²) < 4.78 is 32.4. The predicted octanol–water partition coefficient (Wildman–Crippen LogP) is 2.66. The number of ether oxygens (including phenoxy) is 1. The van der Waals surface area contributed by atoms with E-state index in [-0.39, 0.29) is 10.8 Å². The average molecular weight is 426 g/mol. The lowest BCUT2D eigenvalue weighted by molar-refractivity contribution is 0.0730. The molecule has 3 aromatic rings. The number of H-pyrrole nitrogens is 1. The van der Waals surface area contributed by atoms with Gasteiger partial charge in [0, 0.05) is 30.5 Å². The van der Waals surface area contributed by atoms with E-state index in [1.165, 1.54) is 16.4 Å². The standard InChI is InChI=1S/C21H22N4O4S/c1-15-2-7-18(30(27,28)25-10-12-29-13-11-25)14-19(15)21(26)23-17-5-3-16(4-6-17)20-8-9-22-24-20/h2-9,14H,10-13H2,1H3,(H,22,24)(H,23,26). The minimum absolute atomic E-state index is 0.106. The summed E-state index contributed by atoms with van der Waals surface area (Å²) in [6.45, 7) is 3.13. The molecular formula is C21H22N4O4S. The van der Waals surface area contributed by atoms with Crippen LogP contribution in [0.15, 0.2) is 59.6 Å². The Balaban J connectivity index is 1.54. The molecule has 0 radical (unpaired) electrons. The number of sulfonamides is 1. The smallest absolute Gasteiger partial charge is 0.255 e. The van der Waals surface area contributed by atoms with E-state index < -0.39 is 10.0 Å². The van der Waals surface area contributed by atoms with Gasteiger partial charge >= 0.3 is 0 Å². The van der Waals surface area contributed by atoms with Crippen LogP contribution in [0.4, 0.5) is 5.69 Å². The summed E-state index contributed by atoms with van der Waals surface area (Å²) in [5.41, 5.74) is 3.46. The monoisotopic (exact) mass is 426 g/mol. The number of aryl methyl sites for hydroxylation is 1. The van der Waals surface area contributed by atoms with Gasteiger partial charge in [-0.2, -0.15) is 9.40 Å². The zero-order valence-electron chi connectivity index (χ0n) is 16.5. The number of nitrogens with one attached hydrogen (secondary N) is 2. The van der Waals surface area contributed by atoms with E-state index in [9.17, 15) is 13.2 Å². The molecule has 2 aromatic carbocycles. The van der Waals surface area contributed by atoms with Gasteiger partial charge in [-0.25, -0.2) is 8.42 Å². The number of carbonyl (C=O) groups is 1. The Morgan fingerprint density at radius 2 is 1.83 bits per heavy atom. The maximum atomic E-state index is 12.9. The number of hydrogen-bond donors (Lipinski definition) is 2. The molecule has 156 valence electrons. The van der Waals surface area contributed by atoms with Crippen LogP contribution in [0.5, 0.6) is 0 Å². The average Bonchev–Trinajstić information content (AvgIpc) is 3.30. The molecule has 4 rings (SSSR count). The van der Waals surface area contributed by atoms with Gasteiger partial charge in [0.1, 0.15) is 0 Å². The zero-order valence-corrected chi connectivity index (χ0v) is 17.3. The van der Waals surface area contributed by atoms with Gasteiger partial charge in [0.15, 0.2) is 0 Å². The lowest BCUT2D eigenvalue weighted by Gasteiger charge is -2.26. The van der Waals surface area contributed by atoms with Crippen molar-refractivity contribution in [2.75, 3.05) is 31.6 Å². The first-order chi connectivity index (χ1) is 14.4. The fourth-order valence-electron chi connectivity index (χ4n) is 3.29. The second-order valence-corrected chi connectivity index (χ2v) is 8.93. The molecule has 1 fully saturated rings. The zero-order chi connectivity index (χ0) is 21.1. The van der Waals surface area contributed by atoms with E-state index in [1.807, 2.05) is 18.2 Å². The Bertz CT molecular complexity index is 1140. The third-order valence-electron chi connectivity index (χ3n) is 5.02. The largest absolute Gasteiger partial charge is 0.379 e. The van der Waals surface area contributed by atoms with Crippen molar-refractivity contribution in [3.05, 3.63) is 65.9 Å². The van der Waals surface area contributed by atoms with Gasteiger partial charge in [-0.15, -0.1) is 0 Å². The van der Waals surface area contributed by atoms with Gasteiger partial charge in [0.05, 0.1) is 23.8 Å². The van der Waals surface area contributed by atoms with Crippen LogP contribution in [0, 0.1) is 6.92 Å². The number of aromatic amines is 1. The highest BCUT2D eigenvalue weighted by Crippen LogP contribution is 2.23. The van der Waals surface area contributed by atoms with Crippen molar-refractivity contribution in [1.82, 2.24) is 14.5 Å². The molecule has 0 atom stereocenters. The van der Waals surface area contributed by atoms with Crippen LogP contribution in [0.3, 0.4) is 0 Å². The Hall–Kier alpha value is -3.01. The molecule has 0 bridgehead atoms. The number of aromatic nitrogens is 2. The van der Waals surface area contributed by atoms with Crippen LogP contribution in [0.1, 0.15) is 15.9 Å². The molecule has 8 nitrogen and oxygen atoms in total. The van der Waals surface area contributed by atoms with Gasteiger partial charge < -0.3 is 10.1 Å². The van der Waals surface area contributed by atoms with Crippen LogP contribution in [0.25, 0.3) is 11.3 Å². The number of amides is 1. The second kappa shape index (κ2) is 8.39. The summed E-state index contributed by atoms with van der Waals surface area (Å²) in [7, 11) is -3.67. The van der Waals surface area contributed by atoms with Crippen molar-refractivity contribution in [3.8, 4) is 11.3 Å². The molecule has 1 amide bonds. The van der Waals surface area contributed by atoms with Crippen LogP contribution in [0.2, 0.25) is 0 Å². The minimum Gasteiger partial charge on any atom is -0.379 e. The molecule has 1 aliphatic heterocycles. The molecule has 0 saturated carbocycles. The van der Waals surface area contributed by atoms with Gasteiger partial charge in [-0.1, -0.05) is 18.2 Å². The number of anilines is 1. The number of benzene rings is 2. The fraction of sp³-hybridized carbons (Fsp3) is 0.238. The summed E-state index contributed by atoms with van der Waals surface area (Å²) in [5, 5.41) is 9.65. The van der Waals surface area contributed by atoms with E-state index in [4.69, 9.17) is 4.74 Å². The highest BCUT2D eigenvalue weighted by Gasteiger charge is 2.27. The molecule has 30 heavy (non-hydrogen) atoms. The van der Waals surface area contributed by atoms with E-state index in [1.54, 1.807) is 31.3 Å². The maximum Gasteiger partial charge on any atom is 0.255 e. The van der Waals surface area contributed by atoms with E-state index in [2.05, 4.69) is 15.5 Å². The lowest BCUT2D eigenvalue weighted by Crippen LogP contribution is -2.40. The van der Waals surface area contributed by atoms with Crippen molar-refractivity contribution in [2.24, 2.45) is 0 Å². The van der Waals surface area contributed by atoms with E-state index >= 15 is 0 Å². The van der Waals surface area contributed by atoms with Gasteiger partial charge in [0.25, 0.3) is 5.91 Å². The SMILES string of the molecule is Cc1ccc(S(=O)(=O)N2CCOCC2)cc1C(=O)Nc1ccc(-c2ccn[nH]2)cc1. The summed E-state index contributed by atoms with van der Waals surface area (Å²) in [4.78, 5) is 13.0. The number of rotatable bonds is 5. The second-order valence-electron chi connectivity index (χ2n) is 6.99. The first-order valence-corrected chi connectivity index (χ1v) is 11.0. The predicted molar refractivity (Wildman–Crippen MR) is 113 cm³/mol. The number of nitrogens with zero attached hydrogens (tertiary/aromatic N) is 2. The first-order valence-electron chi connectivity index (χ1n) is 9.55. The Labute approximate surface area is 174 Å². The number of morpholine rings is 1. The summed E-state index contributed by atoms with van der Waals surface area (Å²) in [5.74, 6) is -0.360. The highest BCUT2D eigenvalue weighted by atomic mass is 32.2. The van der Waals surface area contributed by atoms with Crippen molar-refractivity contribution in [2.45, 2.75) is 11.8 Å². The van der Waals surface area contributed by atoms with Crippen LogP contribution in [-0.2, 0) is 14.8 Å². The lowest BCUT2D eigenvalue weighted by atomic mass is 10.1. The molecule has 0 unspecified atom stereocenters. The van der Waals surface area contributed by atoms with Gasteiger partial charge in [-0.05, 0) is 48.4 Å². The van der Waals surface area contributed by atoms with Crippen molar-refractivity contribution in [3.63, 3.8) is 0 Å². The third-order valence-corrected chi connectivity index (χ3v) is 6.91. The van der Waals surface area contributed by atoms with E-state index in [0.717, 1.165) is 11.3 Å². The number of hydrogen-bond acceptors (Lipinski definition) is 5. The molecular weight excluding hydrogens is 404 g/mol. The van der Waals surface area contributed by atoms with Crippen LogP contribution in [-0.4, -0.2) is 55.1 Å². The van der Waals surface area contributed by atoms with Crippen molar-refractivity contribution >= 4 is 21.6 Å². The minimum atomic E-state index is -3.67. The molecule has 0 spiro atoms. The summed E-state index contributed by atoms with van der Waals surface area (Å²) >= 11 is 0. The topological polar surface area (TPSA) is 104 Å². The number of carbonyl (C=O) groups excluding carboxylic acids is 1. The molecule has 0 aliphatic carbocycles. The van der Waals surface area contributed by atoms with Crippen molar-refractivity contribution < 1.29 is 17.9 Å². The molecule has 1 saturated heterocycles. The molecule has 1 aromatic heterocycles. The Kier molecular flexibility index (Phi) is 5.67. The van der Waals surface area contributed by atoms with Crippen LogP contribution < -0.4 is 5.32 Å². The van der Waals surface area contributed by atoms with Crippen LogP contribution >= 0.6 is 0 Å². The Morgan fingerprint density at radius 1 is 1.10 bits per heavy atom. The molecule has 9 heteroatoms. The molecule has 2 heterocycles. The van der Waals surface area contributed by atoms with Crippen molar-refractivity contribution in [1.29, 1.82) is 0 Å².